The molecule has 1 aliphatic heterocycles. The fourth-order valence-electron chi connectivity index (χ4n) is 1.89. The smallest absolute Gasteiger partial charge is 0.377 e. The van der Waals surface area contributed by atoms with Crippen LogP contribution in [-0.4, -0.2) is 30.8 Å². The molecule has 0 bridgehead atoms. The molecule has 6 heteroatoms. The minimum absolute atomic E-state index is 0.00532. The van der Waals surface area contributed by atoms with Gasteiger partial charge in [0, 0.05) is 6.42 Å². The minimum atomic E-state index is -4.78. The van der Waals surface area contributed by atoms with Gasteiger partial charge in [0.25, 0.3) is 0 Å². The van der Waals surface area contributed by atoms with Crippen LogP contribution < -0.4 is 0 Å². The molecule has 1 atom stereocenters. The third kappa shape index (κ3) is 2.79. The molecule has 0 aromatic heterocycles. The van der Waals surface area contributed by atoms with Crippen molar-refractivity contribution in [3.8, 4) is 0 Å². The van der Waals surface area contributed by atoms with E-state index in [-0.39, 0.29) is 19.6 Å². The molecule has 0 saturated carbocycles. The second-order valence-corrected chi connectivity index (χ2v) is 4.32. The van der Waals surface area contributed by atoms with E-state index in [0.29, 0.717) is 5.56 Å². The Labute approximate surface area is 108 Å². The number of hydrogen-bond acceptors (Lipinski definition) is 3. The molecule has 1 saturated heterocycles. The zero-order chi connectivity index (χ0) is 13.9. The minimum Gasteiger partial charge on any atom is -0.377 e. The van der Waals surface area contributed by atoms with Gasteiger partial charge in [-0.05, 0) is 5.56 Å². The fourth-order valence-corrected chi connectivity index (χ4v) is 1.89. The van der Waals surface area contributed by atoms with Crippen molar-refractivity contribution in [3.63, 3.8) is 0 Å². The van der Waals surface area contributed by atoms with E-state index in [1.165, 1.54) is 0 Å². The highest BCUT2D eigenvalue weighted by molar-refractivity contribution is 5.89. The quantitative estimate of drug-likeness (QED) is 0.849. The molecule has 1 aromatic rings. The van der Waals surface area contributed by atoms with E-state index in [9.17, 15) is 18.0 Å². The molecular weight excluding hydrogens is 261 g/mol. The lowest BCUT2D eigenvalue weighted by atomic mass is 9.94. The summed E-state index contributed by atoms with van der Waals surface area (Å²) in [5.74, 6) is -0.970. The second kappa shape index (κ2) is 5.30. The van der Waals surface area contributed by atoms with Gasteiger partial charge in [-0.1, -0.05) is 30.3 Å². The molecule has 0 aliphatic carbocycles. The first kappa shape index (κ1) is 14.0. The first-order chi connectivity index (χ1) is 8.96. The summed E-state index contributed by atoms with van der Waals surface area (Å²) in [4.78, 5) is 11.7. The van der Waals surface area contributed by atoms with E-state index in [4.69, 9.17) is 9.47 Å². The Morgan fingerprint density at radius 1 is 1.26 bits per heavy atom. The molecule has 1 heterocycles. The van der Waals surface area contributed by atoms with Crippen LogP contribution in [0.4, 0.5) is 13.2 Å². The molecule has 0 spiro atoms. The van der Waals surface area contributed by atoms with Crippen molar-refractivity contribution in [1.29, 1.82) is 0 Å². The summed E-state index contributed by atoms with van der Waals surface area (Å²) in [5, 5.41) is 0. The number of ketones is 1. The summed E-state index contributed by atoms with van der Waals surface area (Å²) in [6.45, 7) is -1.05. The molecular formula is C13H13F3O3. The van der Waals surface area contributed by atoms with Crippen LogP contribution in [0.5, 0.6) is 0 Å². The van der Waals surface area contributed by atoms with Gasteiger partial charge in [0.1, 0.15) is 0 Å². The van der Waals surface area contributed by atoms with Gasteiger partial charge >= 0.3 is 6.18 Å². The van der Waals surface area contributed by atoms with Gasteiger partial charge in [0.15, 0.2) is 5.78 Å². The van der Waals surface area contributed by atoms with Gasteiger partial charge < -0.3 is 9.47 Å². The highest BCUT2D eigenvalue weighted by atomic mass is 19.4. The van der Waals surface area contributed by atoms with Gasteiger partial charge in [0.2, 0.25) is 5.60 Å². The van der Waals surface area contributed by atoms with Crippen molar-refractivity contribution in [2.75, 3.05) is 13.2 Å². The van der Waals surface area contributed by atoms with E-state index in [0.717, 1.165) is 0 Å². The average Bonchev–Trinajstić information content (AvgIpc) is 2.38. The number of alkyl halides is 3. The first-order valence-corrected chi connectivity index (χ1v) is 5.81. The lowest BCUT2D eigenvalue weighted by molar-refractivity contribution is -0.288. The van der Waals surface area contributed by atoms with Crippen LogP contribution in [0.1, 0.15) is 12.0 Å². The number of carbonyl (C=O) groups is 1. The summed E-state index contributed by atoms with van der Waals surface area (Å²) in [5.41, 5.74) is -2.26. The monoisotopic (exact) mass is 274 g/mol. The maximum atomic E-state index is 13.1. The van der Waals surface area contributed by atoms with Crippen LogP contribution in [0.3, 0.4) is 0 Å². The van der Waals surface area contributed by atoms with Gasteiger partial charge in [-0.25, -0.2) is 0 Å². The van der Waals surface area contributed by atoms with E-state index >= 15 is 0 Å². The summed E-state index contributed by atoms with van der Waals surface area (Å²) in [6.07, 6.45) is -5.06. The molecule has 1 aliphatic rings. The number of Topliss-reactive ketones (excluding diaryl/α,β-unsaturated/α-hetero) is 1. The summed E-state index contributed by atoms with van der Waals surface area (Å²) < 4.78 is 49.1. The number of benzene rings is 1. The van der Waals surface area contributed by atoms with Gasteiger partial charge in [-0.2, -0.15) is 13.2 Å². The largest absolute Gasteiger partial charge is 0.427 e. The fraction of sp³-hybridized carbons (Fsp3) is 0.462. The zero-order valence-electron chi connectivity index (χ0n) is 10.1. The van der Waals surface area contributed by atoms with Gasteiger partial charge in [0.05, 0.1) is 19.8 Å². The van der Waals surface area contributed by atoms with Crippen molar-refractivity contribution in [1.82, 2.24) is 0 Å². The zero-order valence-corrected chi connectivity index (χ0v) is 10.1. The van der Waals surface area contributed by atoms with Crippen LogP contribution >= 0.6 is 0 Å². The van der Waals surface area contributed by atoms with Crippen LogP contribution in [0.25, 0.3) is 0 Å². The normalized spacial score (nSPS) is 24.5. The number of hydrogen-bond donors (Lipinski definition) is 0. The lowest BCUT2D eigenvalue weighted by Crippen LogP contribution is -2.59. The van der Waals surface area contributed by atoms with Crippen LogP contribution in [-0.2, 0) is 20.9 Å². The molecule has 19 heavy (non-hydrogen) atoms. The maximum Gasteiger partial charge on any atom is 0.427 e. The Morgan fingerprint density at radius 3 is 2.53 bits per heavy atom. The third-order valence-electron chi connectivity index (χ3n) is 3.02. The molecule has 3 nitrogen and oxygen atoms in total. The molecule has 0 radical (unpaired) electrons. The Balaban J connectivity index is 2.17. The molecule has 1 aromatic carbocycles. The SMILES string of the molecule is O=C1CCOCC1(OCc1ccccc1)C(F)(F)F. The van der Waals surface area contributed by atoms with Crippen LogP contribution in [0.2, 0.25) is 0 Å². The predicted molar refractivity (Wildman–Crippen MR) is 60.5 cm³/mol. The van der Waals surface area contributed by atoms with Crippen LogP contribution in [0.15, 0.2) is 30.3 Å². The summed E-state index contributed by atoms with van der Waals surface area (Å²) in [6, 6.07) is 8.41. The van der Waals surface area contributed by atoms with Crippen molar-refractivity contribution in [2.24, 2.45) is 0 Å². The van der Waals surface area contributed by atoms with Crippen molar-refractivity contribution < 1.29 is 27.4 Å². The van der Waals surface area contributed by atoms with Gasteiger partial charge in [-0.15, -0.1) is 0 Å². The Bertz CT molecular complexity index is 444. The van der Waals surface area contributed by atoms with Crippen molar-refractivity contribution in [2.45, 2.75) is 24.8 Å². The molecule has 2 rings (SSSR count). The highest BCUT2D eigenvalue weighted by Crippen LogP contribution is 2.38. The second-order valence-electron chi connectivity index (χ2n) is 4.32. The molecule has 1 unspecified atom stereocenters. The number of ether oxygens (including phenoxy) is 2. The summed E-state index contributed by atoms with van der Waals surface area (Å²) in [7, 11) is 0. The van der Waals surface area contributed by atoms with Crippen LogP contribution in [0, 0.1) is 0 Å². The first-order valence-electron chi connectivity index (χ1n) is 5.81. The number of rotatable bonds is 3. The highest BCUT2D eigenvalue weighted by Gasteiger charge is 2.62. The molecule has 0 N–H and O–H groups in total. The number of carbonyl (C=O) groups excluding carboxylic acids is 1. The Kier molecular flexibility index (Phi) is 3.91. The summed E-state index contributed by atoms with van der Waals surface area (Å²) >= 11 is 0. The predicted octanol–water partition coefficient (Wildman–Crippen LogP) is 2.49. The molecule has 1 fully saturated rings. The van der Waals surface area contributed by atoms with Crippen molar-refractivity contribution in [3.05, 3.63) is 35.9 Å². The van der Waals surface area contributed by atoms with E-state index < -0.39 is 24.2 Å². The van der Waals surface area contributed by atoms with E-state index in [1.807, 2.05) is 0 Å². The third-order valence-corrected chi connectivity index (χ3v) is 3.02. The van der Waals surface area contributed by atoms with E-state index in [2.05, 4.69) is 0 Å². The van der Waals surface area contributed by atoms with E-state index in [1.54, 1.807) is 30.3 Å². The Hall–Kier alpha value is -1.40. The van der Waals surface area contributed by atoms with Gasteiger partial charge in [-0.3, -0.25) is 4.79 Å². The topological polar surface area (TPSA) is 35.5 Å². The maximum absolute atomic E-state index is 13.1. The lowest BCUT2D eigenvalue weighted by Gasteiger charge is -2.36. The molecule has 0 amide bonds. The average molecular weight is 274 g/mol. The molecule has 104 valence electrons. The van der Waals surface area contributed by atoms with Crippen molar-refractivity contribution >= 4 is 5.78 Å². The Morgan fingerprint density at radius 2 is 1.95 bits per heavy atom. The standard InChI is InChI=1S/C13H13F3O3/c14-13(15,16)12(9-18-7-6-11(12)17)19-8-10-4-2-1-3-5-10/h1-5H,6-9H2. The number of halogens is 3.